The summed E-state index contributed by atoms with van der Waals surface area (Å²) in [6.45, 7) is -0.470. The molecule has 1 aliphatic heterocycles. The van der Waals surface area contributed by atoms with E-state index in [1.807, 2.05) is 36.4 Å². The number of benzene rings is 1. The summed E-state index contributed by atoms with van der Waals surface area (Å²) in [6, 6.07) is 10.5. The molecule has 0 spiro atoms. The zero-order valence-electron chi connectivity index (χ0n) is 10.8. The Bertz CT molecular complexity index is 497. The molecule has 1 saturated heterocycles. The van der Waals surface area contributed by atoms with E-state index in [1.54, 1.807) is 0 Å². The lowest BCUT2D eigenvalue weighted by molar-refractivity contribution is -0.254. The van der Waals surface area contributed by atoms with Crippen molar-refractivity contribution in [3.8, 4) is 6.07 Å². The minimum absolute atomic E-state index is 0.0705. The normalized spacial score (nSPS) is 25.4. The molecule has 6 heteroatoms. The molecule has 3 nitrogen and oxygen atoms in total. The monoisotopic (exact) mass is 284 g/mol. The van der Waals surface area contributed by atoms with Gasteiger partial charge in [0.05, 0.1) is 6.07 Å². The summed E-state index contributed by atoms with van der Waals surface area (Å²) < 4.78 is 38.3. The Kier molecular flexibility index (Phi) is 4.02. The van der Waals surface area contributed by atoms with Crippen LogP contribution in [0, 0.1) is 11.3 Å². The molecule has 108 valence electrons. The van der Waals surface area contributed by atoms with Crippen molar-refractivity contribution in [1.29, 1.82) is 5.26 Å². The third-order valence-electron chi connectivity index (χ3n) is 3.67. The third-order valence-corrected chi connectivity index (χ3v) is 3.67. The maximum Gasteiger partial charge on any atom is 0.418 e. The van der Waals surface area contributed by atoms with Gasteiger partial charge < -0.3 is 5.11 Å². The van der Waals surface area contributed by atoms with Crippen LogP contribution < -0.4 is 0 Å². The fourth-order valence-corrected chi connectivity index (χ4v) is 2.41. The highest BCUT2D eigenvalue weighted by Crippen LogP contribution is 2.38. The molecule has 1 heterocycles. The molecule has 1 N–H and O–H groups in total. The van der Waals surface area contributed by atoms with Gasteiger partial charge in [-0.15, -0.1) is 0 Å². The Balaban J connectivity index is 2.06. The number of β-amino-alcohol motifs (C(OH)–C–C–N with tert-alkyl or cyclic N) is 1. The van der Waals surface area contributed by atoms with Gasteiger partial charge in [0.1, 0.15) is 6.04 Å². The van der Waals surface area contributed by atoms with Gasteiger partial charge in [0.25, 0.3) is 0 Å². The van der Waals surface area contributed by atoms with Crippen molar-refractivity contribution in [2.45, 2.75) is 30.7 Å². The number of alkyl halides is 3. The van der Waals surface area contributed by atoms with E-state index in [0.717, 1.165) is 5.56 Å². The first-order chi connectivity index (χ1) is 9.36. The van der Waals surface area contributed by atoms with E-state index in [1.165, 1.54) is 4.90 Å². The van der Waals surface area contributed by atoms with Crippen molar-refractivity contribution in [3.63, 3.8) is 0 Å². The second-order valence-electron chi connectivity index (χ2n) is 5.08. The molecule has 0 aromatic heterocycles. The first kappa shape index (κ1) is 14.8. The van der Waals surface area contributed by atoms with E-state index in [9.17, 15) is 18.3 Å². The molecule has 0 radical (unpaired) electrons. The lowest BCUT2D eigenvalue weighted by Gasteiger charge is -2.27. The van der Waals surface area contributed by atoms with Crippen LogP contribution in [0.4, 0.5) is 13.2 Å². The average molecular weight is 284 g/mol. The molecular formula is C14H15F3N2O. The maximum absolute atomic E-state index is 12.8. The molecule has 2 atom stereocenters. The van der Waals surface area contributed by atoms with Crippen LogP contribution in [-0.2, 0) is 6.42 Å². The van der Waals surface area contributed by atoms with Gasteiger partial charge >= 0.3 is 6.18 Å². The van der Waals surface area contributed by atoms with Gasteiger partial charge in [-0.25, -0.2) is 0 Å². The lowest BCUT2D eigenvalue weighted by atomic mass is 10.0. The van der Waals surface area contributed by atoms with Crippen molar-refractivity contribution in [2.24, 2.45) is 0 Å². The summed E-state index contributed by atoms with van der Waals surface area (Å²) >= 11 is 0. The largest absolute Gasteiger partial charge is 0.418 e. The number of likely N-dealkylation sites (tertiary alicyclic amines) is 1. The van der Waals surface area contributed by atoms with Gasteiger partial charge in [-0.3, -0.25) is 4.90 Å². The minimum atomic E-state index is -4.66. The van der Waals surface area contributed by atoms with E-state index in [0.29, 0.717) is 6.42 Å². The van der Waals surface area contributed by atoms with Gasteiger partial charge in [-0.1, -0.05) is 30.3 Å². The summed E-state index contributed by atoms with van der Waals surface area (Å²) in [5, 5.41) is 18.8. The Morgan fingerprint density at radius 1 is 1.35 bits per heavy atom. The van der Waals surface area contributed by atoms with Crippen LogP contribution in [0.15, 0.2) is 30.3 Å². The Labute approximate surface area is 115 Å². The first-order valence-corrected chi connectivity index (χ1v) is 6.32. The minimum Gasteiger partial charge on any atom is -0.379 e. The molecule has 0 amide bonds. The number of nitrogens with zero attached hydrogens (tertiary/aromatic N) is 2. The Morgan fingerprint density at radius 2 is 2.00 bits per heavy atom. The number of nitriles is 1. The molecule has 1 aliphatic rings. The molecule has 0 saturated carbocycles. The fraction of sp³-hybridized carbons (Fsp3) is 0.500. The molecule has 2 rings (SSSR count). The maximum atomic E-state index is 12.8. The zero-order valence-corrected chi connectivity index (χ0v) is 10.8. The van der Waals surface area contributed by atoms with Crippen LogP contribution in [0.2, 0.25) is 0 Å². The van der Waals surface area contributed by atoms with Crippen molar-refractivity contribution in [1.82, 2.24) is 4.90 Å². The summed E-state index contributed by atoms with van der Waals surface area (Å²) in [5.41, 5.74) is -1.81. The van der Waals surface area contributed by atoms with E-state index in [-0.39, 0.29) is 13.0 Å². The highest BCUT2D eigenvalue weighted by atomic mass is 19.4. The SMILES string of the molecule is N#CC(Cc1ccccc1)N1CCC(O)(C(F)(F)F)C1. The van der Waals surface area contributed by atoms with Gasteiger partial charge in [-0.2, -0.15) is 18.4 Å². The molecule has 20 heavy (non-hydrogen) atoms. The summed E-state index contributed by atoms with van der Waals surface area (Å²) in [6.07, 6.45) is -4.69. The highest BCUT2D eigenvalue weighted by molar-refractivity contribution is 5.18. The standard InChI is InChI=1S/C14H15F3N2O/c15-14(16,17)13(20)6-7-19(10-13)12(9-18)8-11-4-2-1-3-5-11/h1-5,12,20H,6-8,10H2. The summed E-state index contributed by atoms with van der Waals surface area (Å²) in [7, 11) is 0. The zero-order chi connectivity index (χ0) is 14.8. The first-order valence-electron chi connectivity index (χ1n) is 6.32. The topological polar surface area (TPSA) is 47.3 Å². The van der Waals surface area contributed by atoms with Crippen molar-refractivity contribution >= 4 is 0 Å². The number of rotatable bonds is 3. The van der Waals surface area contributed by atoms with Gasteiger partial charge in [0.2, 0.25) is 0 Å². The third kappa shape index (κ3) is 2.94. The molecule has 1 aromatic carbocycles. The van der Waals surface area contributed by atoms with Gasteiger partial charge in [-0.05, 0) is 12.0 Å². The van der Waals surface area contributed by atoms with Gasteiger partial charge in [0, 0.05) is 19.5 Å². The number of hydrogen-bond donors (Lipinski definition) is 1. The predicted molar refractivity (Wildman–Crippen MR) is 66.7 cm³/mol. The Hall–Kier alpha value is -1.58. The van der Waals surface area contributed by atoms with Gasteiger partial charge in [0.15, 0.2) is 5.60 Å². The summed E-state index contributed by atoms with van der Waals surface area (Å²) in [4.78, 5) is 1.40. The quantitative estimate of drug-likeness (QED) is 0.925. The fourth-order valence-electron chi connectivity index (χ4n) is 2.41. The van der Waals surface area contributed by atoms with Crippen LogP contribution in [0.25, 0.3) is 0 Å². The molecule has 1 aromatic rings. The van der Waals surface area contributed by atoms with Crippen LogP contribution >= 0.6 is 0 Å². The van der Waals surface area contributed by atoms with E-state index in [2.05, 4.69) is 0 Å². The molecule has 1 fully saturated rings. The molecular weight excluding hydrogens is 269 g/mol. The number of hydrogen-bond acceptors (Lipinski definition) is 3. The average Bonchev–Trinajstić information content (AvgIpc) is 2.81. The number of halogens is 3. The van der Waals surface area contributed by atoms with Crippen LogP contribution in [0.3, 0.4) is 0 Å². The van der Waals surface area contributed by atoms with E-state index >= 15 is 0 Å². The van der Waals surface area contributed by atoms with E-state index in [4.69, 9.17) is 5.26 Å². The second kappa shape index (κ2) is 5.43. The van der Waals surface area contributed by atoms with Crippen molar-refractivity contribution in [2.75, 3.05) is 13.1 Å². The number of aliphatic hydroxyl groups is 1. The molecule has 2 unspecified atom stereocenters. The van der Waals surface area contributed by atoms with E-state index < -0.39 is 24.4 Å². The second-order valence-corrected chi connectivity index (χ2v) is 5.08. The van der Waals surface area contributed by atoms with Crippen LogP contribution in [0.5, 0.6) is 0 Å². The summed E-state index contributed by atoms with van der Waals surface area (Å²) in [5.74, 6) is 0. The molecule has 0 bridgehead atoms. The Morgan fingerprint density at radius 3 is 2.50 bits per heavy atom. The predicted octanol–water partition coefficient (Wildman–Crippen LogP) is 2.12. The lowest BCUT2D eigenvalue weighted by Crippen LogP contribution is -2.48. The van der Waals surface area contributed by atoms with Crippen LogP contribution in [0.1, 0.15) is 12.0 Å². The van der Waals surface area contributed by atoms with Crippen LogP contribution in [-0.4, -0.2) is 40.9 Å². The highest BCUT2D eigenvalue weighted by Gasteiger charge is 2.57. The smallest absolute Gasteiger partial charge is 0.379 e. The van der Waals surface area contributed by atoms with Crippen molar-refractivity contribution < 1.29 is 18.3 Å². The molecule has 0 aliphatic carbocycles. The van der Waals surface area contributed by atoms with Crippen molar-refractivity contribution in [3.05, 3.63) is 35.9 Å².